The van der Waals surface area contributed by atoms with Crippen LogP contribution in [0.15, 0.2) is 54.6 Å². The average molecular weight is 420 g/mol. The largest absolute Gasteiger partial charge is 0.369 e. The fourth-order valence-electron chi connectivity index (χ4n) is 3.65. The Morgan fingerprint density at radius 1 is 1.03 bits per heavy atom. The maximum atomic E-state index is 13.0. The number of nitrogens with zero attached hydrogens (tertiary/aromatic N) is 1. The van der Waals surface area contributed by atoms with Gasteiger partial charge in [0.1, 0.15) is 0 Å². The molecule has 0 atom stereocenters. The molecule has 1 aliphatic heterocycles. The van der Waals surface area contributed by atoms with Gasteiger partial charge in [0.2, 0.25) is 11.8 Å². The van der Waals surface area contributed by atoms with Crippen LogP contribution in [0.4, 0.5) is 5.69 Å². The molecule has 6 heteroatoms. The van der Waals surface area contributed by atoms with E-state index in [1.54, 1.807) is 35.2 Å². The van der Waals surface area contributed by atoms with Gasteiger partial charge in [-0.2, -0.15) is 0 Å². The number of piperidine rings is 1. The van der Waals surface area contributed by atoms with E-state index in [-0.39, 0.29) is 23.6 Å². The smallest absolute Gasteiger partial charge is 0.255 e. The molecular formula is C25H29N3O3. The molecule has 1 aliphatic rings. The summed E-state index contributed by atoms with van der Waals surface area (Å²) in [4.78, 5) is 38.5. The number of anilines is 1. The van der Waals surface area contributed by atoms with Crippen LogP contribution in [0.3, 0.4) is 0 Å². The van der Waals surface area contributed by atoms with Crippen molar-refractivity contribution in [2.45, 2.75) is 32.6 Å². The number of likely N-dealkylation sites (tertiary alicyclic amines) is 1. The van der Waals surface area contributed by atoms with Crippen LogP contribution in [0.25, 0.3) is 6.08 Å². The average Bonchev–Trinajstić information content (AvgIpc) is 2.78. The first kappa shape index (κ1) is 22.3. The van der Waals surface area contributed by atoms with E-state index < -0.39 is 0 Å². The standard InChI is InChI=1S/C25H29N3O3/c1-17(2)19-10-7-18(8-11-19)9-12-23(29)27-22-6-4-3-5-21(22)25(31)28-15-13-20(14-16-28)24(26)30/h3-12,17,20H,13-16H2,1-2H3,(H2,26,30)(H,27,29)/b12-9+. The van der Waals surface area contributed by atoms with E-state index in [1.165, 1.54) is 11.6 Å². The molecule has 0 radical (unpaired) electrons. The first-order valence-corrected chi connectivity index (χ1v) is 10.6. The Hall–Kier alpha value is -3.41. The molecule has 2 aromatic rings. The third-order valence-electron chi connectivity index (χ3n) is 5.63. The fraction of sp³-hybridized carbons (Fsp3) is 0.320. The van der Waals surface area contributed by atoms with Crippen molar-refractivity contribution in [3.8, 4) is 0 Å². The van der Waals surface area contributed by atoms with Gasteiger partial charge in [0, 0.05) is 25.1 Å². The summed E-state index contributed by atoms with van der Waals surface area (Å²) in [6.45, 7) is 5.22. The Morgan fingerprint density at radius 2 is 1.68 bits per heavy atom. The minimum atomic E-state index is -0.314. The second kappa shape index (κ2) is 10.1. The van der Waals surface area contributed by atoms with E-state index in [0.29, 0.717) is 43.1 Å². The van der Waals surface area contributed by atoms with Crippen molar-refractivity contribution in [3.05, 3.63) is 71.3 Å². The maximum absolute atomic E-state index is 13.0. The molecule has 2 aromatic carbocycles. The lowest BCUT2D eigenvalue weighted by molar-refractivity contribution is -0.123. The van der Waals surface area contributed by atoms with Crippen LogP contribution in [0.1, 0.15) is 54.1 Å². The van der Waals surface area contributed by atoms with E-state index in [9.17, 15) is 14.4 Å². The summed E-state index contributed by atoms with van der Waals surface area (Å²) in [6, 6.07) is 15.0. The predicted octanol–water partition coefficient (Wildman–Crippen LogP) is 3.80. The molecule has 31 heavy (non-hydrogen) atoms. The summed E-state index contributed by atoms with van der Waals surface area (Å²) in [5.41, 5.74) is 8.45. The van der Waals surface area contributed by atoms with Gasteiger partial charge in [0.05, 0.1) is 11.3 Å². The number of nitrogens with two attached hydrogens (primary N) is 1. The van der Waals surface area contributed by atoms with Crippen LogP contribution in [0.2, 0.25) is 0 Å². The highest BCUT2D eigenvalue weighted by Crippen LogP contribution is 2.22. The number of para-hydroxylation sites is 1. The molecule has 1 fully saturated rings. The number of benzene rings is 2. The number of amides is 3. The van der Waals surface area contributed by atoms with Crippen LogP contribution >= 0.6 is 0 Å². The van der Waals surface area contributed by atoms with Gasteiger partial charge in [0.25, 0.3) is 5.91 Å². The Bertz CT molecular complexity index is 972. The van der Waals surface area contributed by atoms with Gasteiger partial charge in [-0.3, -0.25) is 14.4 Å². The van der Waals surface area contributed by atoms with Crippen molar-refractivity contribution < 1.29 is 14.4 Å². The molecule has 0 spiro atoms. The van der Waals surface area contributed by atoms with Gasteiger partial charge in [-0.25, -0.2) is 0 Å². The van der Waals surface area contributed by atoms with Crippen molar-refractivity contribution in [3.63, 3.8) is 0 Å². The highest BCUT2D eigenvalue weighted by molar-refractivity contribution is 6.07. The predicted molar refractivity (Wildman–Crippen MR) is 122 cm³/mol. The number of rotatable bonds is 6. The summed E-state index contributed by atoms with van der Waals surface area (Å²) in [5.74, 6) is -0.506. The molecule has 0 bridgehead atoms. The number of hydrogen-bond acceptors (Lipinski definition) is 3. The second-order valence-corrected chi connectivity index (χ2v) is 8.16. The minimum absolute atomic E-state index is 0.160. The highest BCUT2D eigenvalue weighted by atomic mass is 16.2. The Balaban J connectivity index is 1.65. The Labute approximate surface area is 183 Å². The summed E-state index contributed by atoms with van der Waals surface area (Å²) in [7, 11) is 0. The van der Waals surface area contributed by atoms with E-state index in [1.807, 2.05) is 12.1 Å². The SMILES string of the molecule is CC(C)c1ccc(/C=C/C(=O)Nc2ccccc2C(=O)N2CCC(C(N)=O)CC2)cc1. The molecule has 3 amide bonds. The topological polar surface area (TPSA) is 92.5 Å². The van der Waals surface area contributed by atoms with E-state index in [4.69, 9.17) is 5.73 Å². The van der Waals surface area contributed by atoms with Gasteiger partial charge in [-0.1, -0.05) is 50.2 Å². The molecule has 1 saturated heterocycles. The lowest BCUT2D eigenvalue weighted by Gasteiger charge is -2.31. The number of primary amides is 1. The molecule has 0 aromatic heterocycles. The highest BCUT2D eigenvalue weighted by Gasteiger charge is 2.27. The van der Waals surface area contributed by atoms with Crippen LogP contribution in [-0.2, 0) is 9.59 Å². The zero-order valence-electron chi connectivity index (χ0n) is 18.0. The third kappa shape index (κ3) is 5.81. The molecule has 0 unspecified atom stereocenters. The fourth-order valence-corrected chi connectivity index (χ4v) is 3.65. The van der Waals surface area contributed by atoms with E-state index >= 15 is 0 Å². The normalized spacial score (nSPS) is 14.7. The Morgan fingerprint density at radius 3 is 2.29 bits per heavy atom. The molecule has 3 N–H and O–H groups in total. The third-order valence-corrected chi connectivity index (χ3v) is 5.63. The molecule has 162 valence electrons. The van der Waals surface area contributed by atoms with Gasteiger partial charge < -0.3 is 16.0 Å². The number of carbonyl (C=O) groups excluding carboxylic acids is 3. The second-order valence-electron chi connectivity index (χ2n) is 8.16. The van der Waals surface area contributed by atoms with Gasteiger partial charge in [-0.15, -0.1) is 0 Å². The molecule has 1 heterocycles. The van der Waals surface area contributed by atoms with Crippen molar-refractivity contribution in [1.29, 1.82) is 0 Å². The van der Waals surface area contributed by atoms with Crippen LogP contribution in [0, 0.1) is 5.92 Å². The molecular weight excluding hydrogens is 390 g/mol. The first-order chi connectivity index (χ1) is 14.8. The van der Waals surface area contributed by atoms with Crippen molar-refractivity contribution in [2.75, 3.05) is 18.4 Å². The zero-order valence-corrected chi connectivity index (χ0v) is 18.0. The van der Waals surface area contributed by atoms with E-state index in [0.717, 1.165) is 5.56 Å². The summed E-state index contributed by atoms with van der Waals surface area (Å²) in [5, 5.41) is 2.81. The lowest BCUT2D eigenvalue weighted by Crippen LogP contribution is -2.42. The maximum Gasteiger partial charge on any atom is 0.255 e. The molecule has 6 nitrogen and oxygen atoms in total. The first-order valence-electron chi connectivity index (χ1n) is 10.6. The lowest BCUT2D eigenvalue weighted by atomic mass is 9.95. The van der Waals surface area contributed by atoms with Crippen LogP contribution in [-0.4, -0.2) is 35.7 Å². The number of nitrogens with one attached hydrogen (secondary N) is 1. The van der Waals surface area contributed by atoms with Gasteiger partial charge >= 0.3 is 0 Å². The van der Waals surface area contributed by atoms with Crippen molar-refractivity contribution >= 4 is 29.5 Å². The monoisotopic (exact) mass is 419 g/mol. The summed E-state index contributed by atoms with van der Waals surface area (Å²) in [6.07, 6.45) is 4.34. The van der Waals surface area contributed by atoms with Gasteiger partial charge in [-0.05, 0) is 48.1 Å². The number of carbonyl (C=O) groups is 3. The molecule has 0 saturated carbocycles. The minimum Gasteiger partial charge on any atom is -0.369 e. The molecule has 3 rings (SSSR count). The van der Waals surface area contributed by atoms with Crippen molar-refractivity contribution in [2.24, 2.45) is 11.7 Å². The zero-order chi connectivity index (χ0) is 22.4. The summed E-state index contributed by atoms with van der Waals surface area (Å²) < 4.78 is 0. The van der Waals surface area contributed by atoms with Crippen LogP contribution < -0.4 is 11.1 Å². The van der Waals surface area contributed by atoms with Gasteiger partial charge in [0.15, 0.2) is 0 Å². The number of hydrogen-bond donors (Lipinski definition) is 2. The van der Waals surface area contributed by atoms with E-state index in [2.05, 4.69) is 31.3 Å². The molecule has 0 aliphatic carbocycles. The quantitative estimate of drug-likeness (QED) is 0.698. The van der Waals surface area contributed by atoms with Crippen LogP contribution in [0.5, 0.6) is 0 Å². The Kier molecular flexibility index (Phi) is 7.23. The van der Waals surface area contributed by atoms with Crippen molar-refractivity contribution in [1.82, 2.24) is 4.90 Å². The summed E-state index contributed by atoms with van der Waals surface area (Å²) >= 11 is 0.